The number of halogens is 1. The van der Waals surface area contributed by atoms with Crippen LogP contribution in [0.4, 0.5) is 10.9 Å². The molecule has 31 heavy (non-hydrogen) atoms. The number of thiazole rings is 1. The molecule has 1 unspecified atom stereocenters. The highest BCUT2D eigenvalue weighted by Gasteiger charge is 2.13. The first-order chi connectivity index (χ1) is 14.7. The molecule has 0 aliphatic carbocycles. The molecule has 0 fully saturated rings. The summed E-state index contributed by atoms with van der Waals surface area (Å²) in [4.78, 5) is 10.2. The Morgan fingerprint density at radius 3 is 2.45 bits per heavy atom. The maximum Gasteiger partial charge on any atom is 0.188 e. The number of nitrogens with zero attached hydrogens (tertiary/aromatic N) is 2. The number of pyridine rings is 1. The van der Waals surface area contributed by atoms with E-state index in [1.54, 1.807) is 23.1 Å². The van der Waals surface area contributed by atoms with E-state index < -0.39 is 0 Å². The molecular formula is C24H24ClN3OS2. The minimum atomic E-state index is 0. The number of anilines is 2. The van der Waals surface area contributed by atoms with E-state index in [9.17, 15) is 0 Å². The van der Waals surface area contributed by atoms with E-state index in [-0.39, 0.29) is 12.4 Å². The first-order valence-corrected chi connectivity index (χ1v) is 11.5. The first-order valence-electron chi connectivity index (χ1n) is 9.75. The van der Waals surface area contributed by atoms with Crippen molar-refractivity contribution in [1.82, 2.24) is 9.97 Å². The lowest BCUT2D eigenvalue weighted by molar-refractivity contribution is 0.306. The van der Waals surface area contributed by atoms with Crippen molar-refractivity contribution in [2.45, 2.75) is 30.6 Å². The third-order valence-electron chi connectivity index (χ3n) is 4.49. The number of nitrogens with one attached hydrogen (secondary N) is 1. The quantitative estimate of drug-likeness (QED) is 0.271. The Morgan fingerprint density at radius 2 is 1.77 bits per heavy atom. The molecule has 1 N–H and O–H groups in total. The van der Waals surface area contributed by atoms with Crippen LogP contribution >= 0.6 is 35.5 Å². The molecular weight excluding hydrogens is 446 g/mol. The van der Waals surface area contributed by atoms with Crippen LogP contribution in [0.1, 0.15) is 29.0 Å². The fourth-order valence-electron chi connectivity index (χ4n) is 2.94. The number of aryl methyl sites for hydroxylation is 1. The van der Waals surface area contributed by atoms with Gasteiger partial charge in [0.2, 0.25) is 0 Å². The third-order valence-corrected chi connectivity index (χ3v) is 6.49. The summed E-state index contributed by atoms with van der Waals surface area (Å²) in [6.45, 7) is 4.66. The van der Waals surface area contributed by atoms with Crippen molar-refractivity contribution in [3.05, 3.63) is 95.1 Å². The average Bonchev–Trinajstić information content (AvgIpc) is 3.19. The fourth-order valence-corrected chi connectivity index (χ4v) is 4.62. The van der Waals surface area contributed by atoms with E-state index in [1.165, 1.54) is 5.56 Å². The predicted molar refractivity (Wildman–Crippen MR) is 133 cm³/mol. The summed E-state index contributed by atoms with van der Waals surface area (Å²) < 4.78 is 6.17. The molecule has 0 saturated heterocycles. The Morgan fingerprint density at radius 1 is 1.06 bits per heavy atom. The molecule has 160 valence electrons. The van der Waals surface area contributed by atoms with E-state index in [2.05, 4.69) is 64.7 Å². The zero-order valence-corrected chi connectivity index (χ0v) is 19.8. The topological polar surface area (TPSA) is 47.0 Å². The van der Waals surface area contributed by atoms with Gasteiger partial charge in [-0.1, -0.05) is 60.7 Å². The number of aromatic nitrogens is 2. The van der Waals surface area contributed by atoms with Gasteiger partial charge in [-0.2, -0.15) is 0 Å². The first kappa shape index (κ1) is 23.1. The molecule has 2 heterocycles. The Hall–Kier alpha value is -2.54. The molecule has 4 rings (SSSR count). The van der Waals surface area contributed by atoms with E-state index >= 15 is 0 Å². The Kier molecular flexibility index (Phi) is 8.35. The SMILES string of the molecule is Cc1csc(Nc2ncc(SC(C)c3ccccc3)cc2OCc2ccccc2)n1.Cl. The fraction of sp³-hybridized carbons (Fsp3) is 0.167. The Labute approximate surface area is 197 Å². The van der Waals surface area contributed by atoms with Gasteiger partial charge in [0.25, 0.3) is 0 Å². The van der Waals surface area contributed by atoms with Crippen LogP contribution in [0.15, 0.2) is 83.2 Å². The van der Waals surface area contributed by atoms with Gasteiger partial charge >= 0.3 is 0 Å². The zero-order chi connectivity index (χ0) is 20.8. The maximum absolute atomic E-state index is 6.17. The van der Waals surface area contributed by atoms with Crippen LogP contribution in [0.5, 0.6) is 5.75 Å². The van der Waals surface area contributed by atoms with Gasteiger partial charge in [-0.15, -0.1) is 35.5 Å². The summed E-state index contributed by atoms with van der Waals surface area (Å²) in [6, 6.07) is 22.7. The highest BCUT2D eigenvalue weighted by Crippen LogP contribution is 2.38. The standard InChI is InChI=1S/C24H23N3OS2.ClH/c1-17-16-29-24(26-17)27-23-22(28-15-19-9-5-3-6-10-19)13-21(14-25-23)30-18(2)20-11-7-4-8-12-20;/h3-14,16,18H,15H2,1-2H3,(H,25,26,27);1H. The smallest absolute Gasteiger partial charge is 0.188 e. The number of benzene rings is 2. The summed E-state index contributed by atoms with van der Waals surface area (Å²) in [5.74, 6) is 1.40. The van der Waals surface area contributed by atoms with Gasteiger partial charge in [0.05, 0.1) is 5.69 Å². The second kappa shape index (κ2) is 11.2. The molecule has 0 aliphatic heterocycles. The molecule has 0 bridgehead atoms. The largest absolute Gasteiger partial charge is 0.485 e. The van der Waals surface area contributed by atoms with Gasteiger partial charge in [0.1, 0.15) is 6.61 Å². The van der Waals surface area contributed by atoms with Crippen molar-refractivity contribution in [3.63, 3.8) is 0 Å². The van der Waals surface area contributed by atoms with Gasteiger partial charge in [0.15, 0.2) is 16.7 Å². The molecule has 7 heteroatoms. The normalized spacial score (nSPS) is 11.4. The second-order valence-corrected chi connectivity index (χ2v) is 9.15. The lowest BCUT2D eigenvalue weighted by Crippen LogP contribution is -2.02. The molecule has 4 nitrogen and oxygen atoms in total. The average molecular weight is 470 g/mol. The molecule has 0 amide bonds. The number of hydrogen-bond donors (Lipinski definition) is 1. The van der Waals surface area contributed by atoms with Crippen LogP contribution in [-0.4, -0.2) is 9.97 Å². The monoisotopic (exact) mass is 469 g/mol. The van der Waals surface area contributed by atoms with Crippen LogP contribution in [0, 0.1) is 6.92 Å². The molecule has 2 aromatic carbocycles. The molecule has 2 aromatic heterocycles. The summed E-state index contributed by atoms with van der Waals surface area (Å²) in [6.07, 6.45) is 1.89. The van der Waals surface area contributed by atoms with Crippen molar-refractivity contribution in [2.24, 2.45) is 0 Å². The van der Waals surface area contributed by atoms with E-state index in [0.717, 1.165) is 27.0 Å². The van der Waals surface area contributed by atoms with Gasteiger partial charge in [-0.25, -0.2) is 9.97 Å². The Bertz CT molecular complexity index is 1090. The van der Waals surface area contributed by atoms with Crippen molar-refractivity contribution >= 4 is 46.5 Å². The van der Waals surface area contributed by atoms with Crippen LogP contribution < -0.4 is 10.1 Å². The highest BCUT2D eigenvalue weighted by molar-refractivity contribution is 7.99. The van der Waals surface area contributed by atoms with Gasteiger partial charge in [-0.05, 0) is 31.0 Å². The highest BCUT2D eigenvalue weighted by atomic mass is 35.5. The van der Waals surface area contributed by atoms with Crippen LogP contribution in [0.2, 0.25) is 0 Å². The maximum atomic E-state index is 6.17. The van der Waals surface area contributed by atoms with Crippen molar-refractivity contribution in [2.75, 3.05) is 5.32 Å². The van der Waals surface area contributed by atoms with E-state index in [0.29, 0.717) is 17.7 Å². The molecule has 1 atom stereocenters. The minimum absolute atomic E-state index is 0. The molecule has 0 aliphatic rings. The Balaban J connectivity index is 0.00000272. The van der Waals surface area contributed by atoms with Gasteiger partial charge < -0.3 is 10.1 Å². The van der Waals surface area contributed by atoms with Crippen LogP contribution in [-0.2, 0) is 6.61 Å². The number of hydrogen-bond acceptors (Lipinski definition) is 6. The third kappa shape index (κ3) is 6.47. The minimum Gasteiger partial charge on any atom is -0.485 e. The van der Waals surface area contributed by atoms with Crippen LogP contribution in [0.3, 0.4) is 0 Å². The van der Waals surface area contributed by atoms with Crippen molar-refractivity contribution < 1.29 is 4.74 Å². The molecule has 0 saturated carbocycles. The van der Waals surface area contributed by atoms with Crippen molar-refractivity contribution in [1.29, 1.82) is 0 Å². The number of thioether (sulfide) groups is 1. The number of ether oxygens (including phenoxy) is 1. The summed E-state index contributed by atoms with van der Waals surface area (Å²) in [5.41, 5.74) is 3.39. The summed E-state index contributed by atoms with van der Waals surface area (Å²) >= 11 is 3.33. The van der Waals surface area contributed by atoms with Gasteiger partial charge in [-0.3, -0.25) is 0 Å². The van der Waals surface area contributed by atoms with Crippen molar-refractivity contribution in [3.8, 4) is 5.75 Å². The van der Waals surface area contributed by atoms with Crippen LogP contribution in [0.25, 0.3) is 0 Å². The van der Waals surface area contributed by atoms with Gasteiger partial charge in [0, 0.05) is 21.7 Å². The second-order valence-electron chi connectivity index (χ2n) is 6.88. The summed E-state index contributed by atoms with van der Waals surface area (Å²) in [5, 5.41) is 6.44. The summed E-state index contributed by atoms with van der Waals surface area (Å²) in [7, 11) is 0. The van der Waals surface area contributed by atoms with E-state index in [1.807, 2.05) is 42.8 Å². The number of rotatable bonds is 8. The lowest BCUT2D eigenvalue weighted by Gasteiger charge is -2.15. The zero-order valence-electron chi connectivity index (χ0n) is 17.3. The molecule has 0 radical (unpaired) electrons. The predicted octanol–water partition coefficient (Wildman–Crippen LogP) is 7.44. The molecule has 4 aromatic rings. The van der Waals surface area contributed by atoms with E-state index in [4.69, 9.17) is 4.74 Å². The molecule has 0 spiro atoms. The lowest BCUT2D eigenvalue weighted by atomic mass is 10.2.